The third kappa shape index (κ3) is 7.49. The van der Waals surface area contributed by atoms with Crippen LogP contribution in [0.3, 0.4) is 0 Å². The van der Waals surface area contributed by atoms with E-state index in [1.54, 1.807) is 11.3 Å². The summed E-state index contributed by atoms with van der Waals surface area (Å²) in [5.41, 5.74) is 1.24. The molecule has 0 aliphatic carbocycles. The fraction of sp³-hybridized carbons (Fsp3) is 0.524. The maximum Gasteiger partial charge on any atom is 0.161 e. The highest BCUT2D eigenvalue weighted by Crippen LogP contribution is 2.29. The van der Waals surface area contributed by atoms with Crippen LogP contribution in [0.25, 0.3) is 0 Å². The van der Waals surface area contributed by atoms with Gasteiger partial charge in [-0.25, -0.2) is 0 Å². The van der Waals surface area contributed by atoms with Crippen LogP contribution in [-0.2, 0) is 13.2 Å². The topological polar surface area (TPSA) is 30.5 Å². The molecule has 0 atom stereocenters. The number of ether oxygens (including phenoxy) is 2. The van der Waals surface area contributed by atoms with Crippen LogP contribution < -0.4 is 14.8 Å². The van der Waals surface area contributed by atoms with Crippen molar-refractivity contribution in [2.24, 2.45) is 0 Å². The first-order valence-electron chi connectivity index (χ1n) is 9.45. The van der Waals surface area contributed by atoms with E-state index in [4.69, 9.17) is 9.47 Å². The lowest BCUT2D eigenvalue weighted by Gasteiger charge is -2.13. The lowest BCUT2D eigenvalue weighted by Crippen LogP contribution is -2.14. The minimum atomic E-state index is 0.590. The summed E-state index contributed by atoms with van der Waals surface area (Å²) in [6, 6.07) is 10.4. The molecule has 138 valence electrons. The predicted octanol–water partition coefficient (Wildman–Crippen LogP) is 5.79. The zero-order valence-corrected chi connectivity index (χ0v) is 16.4. The number of hydrogen-bond donors (Lipinski definition) is 1. The van der Waals surface area contributed by atoms with Crippen molar-refractivity contribution in [3.05, 3.63) is 46.2 Å². The van der Waals surface area contributed by atoms with E-state index in [9.17, 15) is 0 Å². The molecule has 2 aromatic rings. The van der Waals surface area contributed by atoms with Gasteiger partial charge in [-0.3, -0.25) is 0 Å². The van der Waals surface area contributed by atoms with Crippen LogP contribution in [0.4, 0.5) is 0 Å². The molecule has 0 saturated heterocycles. The average Bonchev–Trinajstić information content (AvgIpc) is 3.14. The van der Waals surface area contributed by atoms with Crippen LogP contribution in [-0.4, -0.2) is 13.2 Å². The summed E-state index contributed by atoms with van der Waals surface area (Å²) in [6.07, 6.45) is 6.57. The largest absolute Gasteiger partial charge is 0.490 e. The number of thiophene rings is 1. The maximum absolute atomic E-state index is 5.93. The Kier molecular flexibility index (Phi) is 9.45. The minimum absolute atomic E-state index is 0.590. The van der Waals surface area contributed by atoms with Crippen molar-refractivity contribution < 1.29 is 9.47 Å². The van der Waals surface area contributed by atoms with Crippen molar-refractivity contribution in [3.8, 4) is 11.5 Å². The van der Waals surface area contributed by atoms with Crippen molar-refractivity contribution in [2.75, 3.05) is 13.2 Å². The van der Waals surface area contributed by atoms with Gasteiger partial charge in [-0.2, -0.15) is 0 Å². The van der Waals surface area contributed by atoms with Crippen LogP contribution in [0.1, 0.15) is 56.4 Å². The lowest BCUT2D eigenvalue weighted by atomic mass is 10.1. The molecule has 0 fully saturated rings. The molecule has 3 nitrogen and oxygen atoms in total. The second-order valence-electron chi connectivity index (χ2n) is 6.17. The van der Waals surface area contributed by atoms with Gasteiger partial charge in [0.05, 0.1) is 6.61 Å². The van der Waals surface area contributed by atoms with Gasteiger partial charge in [-0.1, -0.05) is 44.7 Å². The summed E-state index contributed by atoms with van der Waals surface area (Å²) in [5.74, 6) is 1.65. The zero-order valence-electron chi connectivity index (χ0n) is 15.6. The number of unbranched alkanes of at least 4 members (excludes halogenated alkanes) is 4. The van der Waals surface area contributed by atoms with Gasteiger partial charge >= 0.3 is 0 Å². The number of hydrogen-bond acceptors (Lipinski definition) is 4. The van der Waals surface area contributed by atoms with Gasteiger partial charge in [0.15, 0.2) is 11.5 Å². The standard InChI is InChI=1S/C21H31NO2S/c1-3-5-6-7-8-13-22-16-18-11-12-20(21(15-18)23-4-2)24-17-19-10-9-14-25-19/h9-12,14-15,22H,3-8,13,16-17H2,1-2H3. The van der Waals surface area contributed by atoms with Crippen LogP contribution in [0.2, 0.25) is 0 Å². The first kappa shape index (κ1) is 19.8. The van der Waals surface area contributed by atoms with Crippen LogP contribution in [0, 0.1) is 0 Å². The van der Waals surface area contributed by atoms with Gasteiger partial charge in [0.1, 0.15) is 6.61 Å². The third-order valence-electron chi connectivity index (χ3n) is 4.04. The summed E-state index contributed by atoms with van der Waals surface area (Å²) >= 11 is 1.71. The molecule has 2 rings (SSSR count). The van der Waals surface area contributed by atoms with Crippen LogP contribution >= 0.6 is 11.3 Å². The summed E-state index contributed by atoms with van der Waals surface area (Å²) < 4.78 is 11.7. The molecule has 0 amide bonds. The van der Waals surface area contributed by atoms with E-state index < -0.39 is 0 Å². The van der Waals surface area contributed by atoms with Crippen molar-refractivity contribution in [2.45, 2.75) is 59.1 Å². The quantitative estimate of drug-likeness (QED) is 0.458. The Labute approximate surface area is 156 Å². The zero-order chi connectivity index (χ0) is 17.7. The van der Waals surface area contributed by atoms with Gasteiger partial charge < -0.3 is 14.8 Å². The molecule has 4 heteroatoms. The smallest absolute Gasteiger partial charge is 0.161 e. The number of benzene rings is 1. The van der Waals surface area contributed by atoms with E-state index in [0.717, 1.165) is 24.6 Å². The van der Waals surface area contributed by atoms with Crippen molar-refractivity contribution in [1.82, 2.24) is 5.32 Å². The van der Waals surface area contributed by atoms with Crippen LogP contribution in [0.15, 0.2) is 35.7 Å². The van der Waals surface area contributed by atoms with Crippen molar-refractivity contribution in [1.29, 1.82) is 0 Å². The molecule has 0 bridgehead atoms. The molecular formula is C21H31NO2S. The lowest BCUT2D eigenvalue weighted by molar-refractivity contribution is 0.271. The molecule has 1 heterocycles. The minimum Gasteiger partial charge on any atom is -0.490 e. The second kappa shape index (κ2) is 11.9. The normalized spacial score (nSPS) is 10.8. The molecule has 0 radical (unpaired) electrons. The highest BCUT2D eigenvalue weighted by Gasteiger charge is 2.07. The molecule has 25 heavy (non-hydrogen) atoms. The van der Waals surface area contributed by atoms with Gasteiger partial charge in [0.2, 0.25) is 0 Å². The SMILES string of the molecule is CCCCCCCNCc1ccc(OCc2cccs2)c(OCC)c1. The van der Waals surface area contributed by atoms with E-state index in [-0.39, 0.29) is 0 Å². The van der Waals surface area contributed by atoms with E-state index in [0.29, 0.717) is 13.2 Å². The number of rotatable bonds is 13. The third-order valence-corrected chi connectivity index (χ3v) is 4.89. The second-order valence-corrected chi connectivity index (χ2v) is 7.21. The van der Waals surface area contributed by atoms with Gasteiger partial charge in [-0.05, 0) is 49.0 Å². The fourth-order valence-electron chi connectivity index (χ4n) is 2.68. The van der Waals surface area contributed by atoms with E-state index in [1.165, 1.54) is 42.5 Å². The highest BCUT2D eigenvalue weighted by molar-refractivity contribution is 7.09. The molecule has 1 aromatic carbocycles. The van der Waals surface area contributed by atoms with Crippen molar-refractivity contribution in [3.63, 3.8) is 0 Å². The molecule has 0 saturated carbocycles. The van der Waals surface area contributed by atoms with Gasteiger partial charge in [0, 0.05) is 11.4 Å². The fourth-order valence-corrected chi connectivity index (χ4v) is 3.30. The maximum atomic E-state index is 5.93. The predicted molar refractivity (Wildman–Crippen MR) is 107 cm³/mol. The van der Waals surface area contributed by atoms with E-state index >= 15 is 0 Å². The van der Waals surface area contributed by atoms with Crippen LogP contribution in [0.5, 0.6) is 11.5 Å². The van der Waals surface area contributed by atoms with Gasteiger partial charge in [0.25, 0.3) is 0 Å². The Balaban J connectivity index is 1.80. The Morgan fingerprint density at radius 1 is 0.960 bits per heavy atom. The monoisotopic (exact) mass is 361 g/mol. The summed E-state index contributed by atoms with van der Waals surface area (Å²) in [4.78, 5) is 1.22. The molecule has 0 aliphatic rings. The van der Waals surface area contributed by atoms with E-state index in [2.05, 4.69) is 35.8 Å². The molecule has 1 aromatic heterocycles. The molecular weight excluding hydrogens is 330 g/mol. The first-order valence-corrected chi connectivity index (χ1v) is 10.3. The van der Waals surface area contributed by atoms with Crippen molar-refractivity contribution >= 4 is 11.3 Å². The molecule has 0 aliphatic heterocycles. The summed E-state index contributed by atoms with van der Waals surface area (Å²) in [7, 11) is 0. The Hall–Kier alpha value is -1.52. The molecule has 0 unspecified atom stereocenters. The Morgan fingerprint density at radius 2 is 1.84 bits per heavy atom. The van der Waals surface area contributed by atoms with E-state index in [1.807, 2.05) is 19.1 Å². The highest BCUT2D eigenvalue weighted by atomic mass is 32.1. The molecule has 1 N–H and O–H groups in total. The Bertz CT molecular complexity index is 584. The number of nitrogens with one attached hydrogen (secondary N) is 1. The Morgan fingerprint density at radius 3 is 2.60 bits per heavy atom. The van der Waals surface area contributed by atoms with Gasteiger partial charge in [-0.15, -0.1) is 11.3 Å². The summed E-state index contributed by atoms with van der Waals surface area (Å²) in [5, 5.41) is 5.60. The molecule has 0 spiro atoms. The summed E-state index contributed by atoms with van der Waals surface area (Å²) in [6.45, 7) is 7.44. The first-order chi connectivity index (χ1) is 12.3. The average molecular weight is 362 g/mol.